The maximum atomic E-state index is 13.1. The van der Waals surface area contributed by atoms with Crippen molar-refractivity contribution in [3.05, 3.63) is 76.5 Å². The third kappa shape index (κ3) is 4.72. The highest BCUT2D eigenvalue weighted by molar-refractivity contribution is 5.94. The average molecular weight is 446 g/mol. The number of hydrogen-bond acceptors (Lipinski definition) is 4. The molecule has 0 saturated carbocycles. The van der Waals surface area contributed by atoms with Crippen LogP contribution in [0.4, 0.5) is 13.2 Å². The van der Waals surface area contributed by atoms with Crippen LogP contribution in [0, 0.1) is 0 Å². The van der Waals surface area contributed by atoms with Crippen molar-refractivity contribution in [1.29, 1.82) is 0 Å². The number of carbonyl (C=O) groups excluding carboxylic acids is 1. The van der Waals surface area contributed by atoms with Gasteiger partial charge < -0.3 is 14.6 Å². The lowest BCUT2D eigenvalue weighted by atomic mass is 9.91. The van der Waals surface area contributed by atoms with Gasteiger partial charge in [-0.15, -0.1) is 0 Å². The lowest BCUT2D eigenvalue weighted by Gasteiger charge is -2.25. The van der Waals surface area contributed by atoms with E-state index in [2.05, 4.69) is 10.4 Å². The van der Waals surface area contributed by atoms with Gasteiger partial charge in [-0.05, 0) is 43.0 Å². The van der Waals surface area contributed by atoms with Crippen LogP contribution in [0.3, 0.4) is 0 Å². The highest BCUT2D eigenvalue weighted by Crippen LogP contribution is 2.30. The molecule has 1 N–H and O–H groups in total. The molecule has 0 aliphatic heterocycles. The zero-order chi connectivity index (χ0) is 22.9. The summed E-state index contributed by atoms with van der Waals surface area (Å²) in [6.45, 7) is 0.667. The molecule has 6 nitrogen and oxygen atoms in total. The van der Waals surface area contributed by atoms with E-state index in [0.717, 1.165) is 30.2 Å². The lowest BCUT2D eigenvalue weighted by molar-refractivity contribution is -0.137. The molecule has 1 atom stereocenters. The van der Waals surface area contributed by atoms with Gasteiger partial charge in [0.15, 0.2) is 5.69 Å². The minimum atomic E-state index is -4.36. The summed E-state index contributed by atoms with van der Waals surface area (Å²) < 4.78 is 46.0. The first kappa shape index (κ1) is 22.1. The topological polar surface area (TPSA) is 63.3 Å². The van der Waals surface area contributed by atoms with E-state index in [1.54, 1.807) is 35.0 Å². The predicted octanol–water partition coefficient (Wildman–Crippen LogP) is 3.95. The highest BCUT2D eigenvalue weighted by atomic mass is 19.4. The van der Waals surface area contributed by atoms with Crippen molar-refractivity contribution < 1.29 is 22.4 Å². The van der Waals surface area contributed by atoms with Crippen LogP contribution < -0.4 is 5.32 Å². The Hall–Kier alpha value is -3.07. The summed E-state index contributed by atoms with van der Waals surface area (Å²) in [5.41, 5.74) is 2.27. The molecule has 4 rings (SSSR count). The summed E-state index contributed by atoms with van der Waals surface area (Å²) in [6, 6.07) is 8.98. The molecule has 0 fully saturated rings. The molecule has 0 spiro atoms. The molecule has 0 radical (unpaired) electrons. The van der Waals surface area contributed by atoms with Gasteiger partial charge in [0, 0.05) is 37.9 Å². The Bertz CT molecular complexity index is 1090. The average Bonchev–Trinajstić information content (AvgIpc) is 3.39. The fourth-order valence-corrected chi connectivity index (χ4v) is 4.14. The summed E-state index contributed by atoms with van der Waals surface area (Å²) in [5.74, 6) is 0.503. The summed E-state index contributed by atoms with van der Waals surface area (Å²) in [5, 5.41) is 7.83. The van der Waals surface area contributed by atoms with Crippen LogP contribution in [0.25, 0.3) is 0 Å². The molecular weight excluding hydrogens is 421 g/mol. The number of aromatic nitrogens is 2. The molecule has 1 aliphatic rings. The first-order valence-electron chi connectivity index (χ1n) is 10.4. The third-order valence-electron chi connectivity index (χ3n) is 5.83. The number of rotatable bonds is 6. The number of nitrogens with zero attached hydrogens (tertiary/aromatic N) is 3. The van der Waals surface area contributed by atoms with Gasteiger partial charge in [0.25, 0.3) is 5.91 Å². The van der Waals surface area contributed by atoms with Gasteiger partial charge in [0.05, 0.1) is 18.4 Å². The number of nitrogens with one attached hydrogen (secondary N) is 1. The van der Waals surface area contributed by atoms with Crippen molar-refractivity contribution in [2.75, 3.05) is 7.05 Å². The maximum Gasteiger partial charge on any atom is 0.416 e. The lowest BCUT2D eigenvalue weighted by Crippen LogP contribution is -2.35. The Morgan fingerprint density at radius 3 is 2.84 bits per heavy atom. The monoisotopic (exact) mass is 446 g/mol. The van der Waals surface area contributed by atoms with Crippen LogP contribution >= 0.6 is 0 Å². The smallest absolute Gasteiger partial charge is 0.416 e. The van der Waals surface area contributed by atoms with E-state index < -0.39 is 11.7 Å². The Morgan fingerprint density at radius 1 is 1.31 bits per heavy atom. The molecular formula is C23H25F3N4O2. The van der Waals surface area contributed by atoms with Crippen LogP contribution in [0.1, 0.15) is 45.1 Å². The zero-order valence-electron chi connectivity index (χ0n) is 17.9. The molecule has 1 amide bonds. The van der Waals surface area contributed by atoms with Crippen LogP contribution in [0.2, 0.25) is 0 Å². The van der Waals surface area contributed by atoms with Crippen molar-refractivity contribution in [3.8, 4) is 0 Å². The molecule has 2 heterocycles. The number of fused-ring (bicyclic) bond motifs is 1. The van der Waals surface area contributed by atoms with Gasteiger partial charge in [0.1, 0.15) is 5.76 Å². The molecule has 170 valence electrons. The summed E-state index contributed by atoms with van der Waals surface area (Å²) in [7, 11) is 3.54. The van der Waals surface area contributed by atoms with Gasteiger partial charge in [0.2, 0.25) is 0 Å². The molecule has 1 aliphatic carbocycles. The predicted molar refractivity (Wildman–Crippen MR) is 112 cm³/mol. The van der Waals surface area contributed by atoms with Gasteiger partial charge in [-0.1, -0.05) is 18.2 Å². The van der Waals surface area contributed by atoms with Crippen molar-refractivity contribution in [2.24, 2.45) is 7.05 Å². The molecule has 1 unspecified atom stereocenters. The zero-order valence-corrected chi connectivity index (χ0v) is 17.9. The second-order valence-corrected chi connectivity index (χ2v) is 8.16. The maximum absolute atomic E-state index is 13.1. The minimum absolute atomic E-state index is 0.0446. The molecule has 2 aromatic heterocycles. The number of alkyl halides is 3. The molecule has 32 heavy (non-hydrogen) atoms. The molecule has 0 saturated heterocycles. The largest absolute Gasteiger partial charge is 0.467 e. The number of benzene rings is 1. The van der Waals surface area contributed by atoms with Gasteiger partial charge in [-0.3, -0.25) is 9.48 Å². The normalized spacial score (nSPS) is 16.1. The van der Waals surface area contributed by atoms with Crippen LogP contribution in [0.5, 0.6) is 0 Å². The molecule has 0 bridgehead atoms. The fourth-order valence-electron chi connectivity index (χ4n) is 4.14. The van der Waals surface area contributed by atoms with Gasteiger partial charge in [-0.25, -0.2) is 0 Å². The van der Waals surface area contributed by atoms with Crippen molar-refractivity contribution in [2.45, 2.75) is 44.6 Å². The Labute approximate surface area is 184 Å². The first-order valence-corrected chi connectivity index (χ1v) is 10.4. The van der Waals surface area contributed by atoms with E-state index in [-0.39, 0.29) is 11.9 Å². The number of furan rings is 1. The van der Waals surface area contributed by atoms with E-state index in [4.69, 9.17) is 4.42 Å². The van der Waals surface area contributed by atoms with E-state index in [0.29, 0.717) is 36.5 Å². The summed E-state index contributed by atoms with van der Waals surface area (Å²) >= 11 is 0. The third-order valence-corrected chi connectivity index (χ3v) is 5.83. The first-order chi connectivity index (χ1) is 15.2. The van der Waals surface area contributed by atoms with Crippen LogP contribution in [-0.4, -0.2) is 33.7 Å². The Balaban J connectivity index is 1.45. The second-order valence-electron chi connectivity index (χ2n) is 8.16. The summed E-state index contributed by atoms with van der Waals surface area (Å²) in [4.78, 5) is 14.6. The molecule has 1 aromatic carbocycles. The minimum Gasteiger partial charge on any atom is -0.467 e. The SMILES string of the molecule is CN(Cc1ccco1)C(=O)c1nn(C)c2c1CC(NCc1cccc(C(F)(F)F)c1)CC2. The number of aryl methyl sites for hydroxylation is 1. The van der Waals surface area contributed by atoms with E-state index in [1.165, 1.54) is 12.1 Å². The molecule has 9 heteroatoms. The quantitative estimate of drug-likeness (QED) is 0.623. The van der Waals surface area contributed by atoms with E-state index in [1.807, 2.05) is 13.1 Å². The van der Waals surface area contributed by atoms with Crippen molar-refractivity contribution in [3.63, 3.8) is 0 Å². The van der Waals surface area contributed by atoms with Crippen LogP contribution in [-0.2, 0) is 39.2 Å². The standard InChI is InChI=1S/C23H25F3N4O2/c1-29(14-18-7-4-10-32-18)22(31)21-19-12-17(8-9-20(19)30(2)28-21)27-13-15-5-3-6-16(11-15)23(24,25)26/h3-7,10-11,17,27H,8-9,12-14H2,1-2H3. The van der Waals surface area contributed by atoms with E-state index in [9.17, 15) is 18.0 Å². The number of hydrogen-bond donors (Lipinski definition) is 1. The second kappa shape index (κ2) is 8.82. The van der Waals surface area contributed by atoms with Crippen molar-refractivity contribution >= 4 is 5.91 Å². The van der Waals surface area contributed by atoms with Crippen LogP contribution in [0.15, 0.2) is 47.1 Å². The highest BCUT2D eigenvalue weighted by Gasteiger charge is 2.31. The van der Waals surface area contributed by atoms with Crippen molar-refractivity contribution in [1.82, 2.24) is 20.0 Å². The number of carbonyl (C=O) groups is 1. The molecule has 3 aromatic rings. The Kier molecular flexibility index (Phi) is 6.10. The number of amides is 1. The van der Waals surface area contributed by atoms with Gasteiger partial charge in [-0.2, -0.15) is 18.3 Å². The van der Waals surface area contributed by atoms with Gasteiger partial charge >= 0.3 is 6.18 Å². The summed E-state index contributed by atoms with van der Waals surface area (Å²) in [6.07, 6.45) is -0.632. The fraction of sp³-hybridized carbons (Fsp3) is 0.391. The Morgan fingerprint density at radius 2 is 2.12 bits per heavy atom. The van der Waals surface area contributed by atoms with E-state index >= 15 is 0 Å². The number of halogens is 3.